The first-order valence-corrected chi connectivity index (χ1v) is 9.36. The first-order chi connectivity index (χ1) is 14.9. The zero-order valence-corrected chi connectivity index (χ0v) is 17.3. The minimum Gasteiger partial charge on any atom is -0.506 e. The maximum Gasteiger partial charge on any atom is 0.435 e. The summed E-state index contributed by atoms with van der Waals surface area (Å²) in [7, 11) is 1.24. The van der Waals surface area contributed by atoms with Gasteiger partial charge >= 0.3 is 17.8 Å². The number of halogens is 4. The van der Waals surface area contributed by atoms with Crippen molar-refractivity contribution in [2.24, 2.45) is 7.05 Å². The van der Waals surface area contributed by atoms with Crippen molar-refractivity contribution in [1.29, 1.82) is 0 Å². The van der Waals surface area contributed by atoms with Crippen molar-refractivity contribution in [2.75, 3.05) is 13.2 Å². The van der Waals surface area contributed by atoms with Crippen LogP contribution in [0.2, 0.25) is 5.02 Å². The second kappa shape index (κ2) is 8.54. The van der Waals surface area contributed by atoms with E-state index in [1.807, 2.05) is 0 Å². The molecule has 0 radical (unpaired) electrons. The van der Waals surface area contributed by atoms with Gasteiger partial charge in [0.15, 0.2) is 16.8 Å². The van der Waals surface area contributed by atoms with E-state index in [0.717, 1.165) is 10.7 Å². The number of fused-ring (bicyclic) bond motifs is 1. The second-order valence-corrected chi connectivity index (χ2v) is 6.90. The summed E-state index contributed by atoms with van der Waals surface area (Å²) >= 11 is 6.06. The molecule has 0 spiro atoms. The lowest BCUT2D eigenvalue weighted by Gasteiger charge is -2.11. The summed E-state index contributed by atoms with van der Waals surface area (Å²) in [5, 5.41) is 15.9. The normalized spacial score (nSPS) is 11.6. The Balaban J connectivity index is 2.14. The van der Waals surface area contributed by atoms with E-state index in [9.17, 15) is 32.7 Å². The highest BCUT2D eigenvalue weighted by Crippen LogP contribution is 2.38. The Hall–Kier alpha value is -3.54. The largest absolute Gasteiger partial charge is 0.506 e. The fourth-order valence-corrected chi connectivity index (χ4v) is 3.17. The summed E-state index contributed by atoms with van der Waals surface area (Å²) in [6.07, 6.45) is -4.72. The maximum absolute atomic E-state index is 13.0. The van der Waals surface area contributed by atoms with Crippen LogP contribution in [0, 0.1) is 0 Å². The average Bonchev–Trinajstić information content (AvgIpc) is 3.09. The van der Waals surface area contributed by atoms with E-state index >= 15 is 0 Å². The number of benzene rings is 1. The molecule has 0 fully saturated rings. The summed E-state index contributed by atoms with van der Waals surface area (Å²) in [6.45, 7) is 1.06. The van der Waals surface area contributed by atoms with Crippen LogP contribution in [0.25, 0.3) is 22.2 Å². The molecule has 1 amide bonds. The van der Waals surface area contributed by atoms with Gasteiger partial charge in [-0.05, 0) is 25.1 Å². The van der Waals surface area contributed by atoms with Gasteiger partial charge in [-0.2, -0.15) is 18.3 Å². The summed E-state index contributed by atoms with van der Waals surface area (Å²) in [5.41, 5.74) is -3.76. The zero-order chi connectivity index (χ0) is 23.8. The minimum absolute atomic E-state index is 0.0238. The van der Waals surface area contributed by atoms with Crippen LogP contribution < -0.4 is 10.9 Å². The van der Waals surface area contributed by atoms with Crippen LogP contribution >= 0.6 is 11.6 Å². The number of hydrogen-bond donors (Lipinski definition) is 2. The molecule has 0 saturated heterocycles. The molecule has 32 heavy (non-hydrogen) atoms. The Bertz CT molecular complexity index is 1280. The van der Waals surface area contributed by atoms with Crippen LogP contribution in [0.15, 0.2) is 27.4 Å². The minimum atomic E-state index is -4.72. The summed E-state index contributed by atoms with van der Waals surface area (Å²) in [5.74, 6) is -2.71. The SMILES string of the molecule is CCOC(=O)CNC(=O)c1c(O)c2cc(Cl)cc(-c3cc(C(F)(F)F)nn3C)c2oc1=O. The molecule has 0 atom stereocenters. The van der Waals surface area contributed by atoms with Crippen molar-refractivity contribution < 1.29 is 37.0 Å². The van der Waals surface area contributed by atoms with Gasteiger partial charge in [-0.25, -0.2) is 4.79 Å². The lowest BCUT2D eigenvalue weighted by molar-refractivity contribution is -0.142. The van der Waals surface area contributed by atoms with E-state index in [4.69, 9.17) is 16.0 Å². The predicted octanol–water partition coefficient (Wildman–Crippen LogP) is 2.86. The Morgan fingerprint density at radius 2 is 2.00 bits per heavy atom. The molecule has 0 unspecified atom stereocenters. The molecular weight excluding hydrogens is 459 g/mol. The van der Waals surface area contributed by atoms with Gasteiger partial charge in [0.1, 0.15) is 12.3 Å². The van der Waals surface area contributed by atoms with E-state index in [0.29, 0.717) is 0 Å². The number of aryl methyl sites for hydroxylation is 1. The van der Waals surface area contributed by atoms with Crippen molar-refractivity contribution >= 4 is 34.4 Å². The third-order valence-electron chi connectivity index (χ3n) is 4.32. The molecular formula is C19H15ClF3N3O6. The number of aromatic nitrogens is 2. The quantitative estimate of drug-likeness (QED) is 0.431. The number of carbonyl (C=O) groups is 2. The van der Waals surface area contributed by atoms with E-state index in [1.165, 1.54) is 19.2 Å². The van der Waals surface area contributed by atoms with E-state index in [2.05, 4.69) is 15.2 Å². The smallest absolute Gasteiger partial charge is 0.435 e. The molecule has 2 aromatic heterocycles. The van der Waals surface area contributed by atoms with E-state index in [-0.39, 0.29) is 33.9 Å². The van der Waals surface area contributed by atoms with Crippen molar-refractivity contribution in [3.05, 3.63) is 44.9 Å². The van der Waals surface area contributed by atoms with Gasteiger partial charge in [0.2, 0.25) is 0 Å². The van der Waals surface area contributed by atoms with Crippen molar-refractivity contribution in [3.63, 3.8) is 0 Å². The monoisotopic (exact) mass is 473 g/mol. The molecule has 9 nitrogen and oxygen atoms in total. The first-order valence-electron chi connectivity index (χ1n) is 8.98. The van der Waals surface area contributed by atoms with Crippen LogP contribution in [0.3, 0.4) is 0 Å². The number of hydrogen-bond acceptors (Lipinski definition) is 7. The zero-order valence-electron chi connectivity index (χ0n) is 16.5. The number of rotatable bonds is 5. The molecule has 0 bridgehead atoms. The fourth-order valence-electron chi connectivity index (χ4n) is 2.96. The van der Waals surface area contributed by atoms with Gasteiger partial charge in [0, 0.05) is 17.6 Å². The van der Waals surface area contributed by atoms with Crippen molar-refractivity contribution in [3.8, 4) is 17.0 Å². The fraction of sp³-hybridized carbons (Fsp3) is 0.263. The molecule has 13 heteroatoms. The highest BCUT2D eigenvalue weighted by Gasteiger charge is 2.35. The van der Waals surface area contributed by atoms with Crippen molar-refractivity contribution in [1.82, 2.24) is 15.1 Å². The van der Waals surface area contributed by atoms with Crippen LogP contribution in [-0.4, -0.2) is 39.9 Å². The number of amides is 1. The maximum atomic E-state index is 13.0. The molecule has 0 saturated carbocycles. The lowest BCUT2D eigenvalue weighted by atomic mass is 10.0. The molecule has 0 aliphatic rings. The number of ether oxygens (including phenoxy) is 1. The Kier molecular flexibility index (Phi) is 6.17. The lowest BCUT2D eigenvalue weighted by Crippen LogP contribution is -2.33. The number of alkyl halides is 3. The number of aromatic hydroxyl groups is 1. The van der Waals surface area contributed by atoms with Crippen LogP contribution in [0.4, 0.5) is 13.2 Å². The third kappa shape index (κ3) is 4.40. The topological polar surface area (TPSA) is 124 Å². The average molecular weight is 474 g/mol. The number of esters is 1. The Labute approximate surface area is 182 Å². The molecule has 1 aromatic carbocycles. The van der Waals surface area contributed by atoms with Gasteiger partial charge in [-0.3, -0.25) is 14.3 Å². The van der Waals surface area contributed by atoms with Gasteiger partial charge in [-0.1, -0.05) is 11.6 Å². The first kappa shape index (κ1) is 23.1. The summed E-state index contributed by atoms with van der Waals surface area (Å²) in [6, 6.07) is 3.12. The predicted molar refractivity (Wildman–Crippen MR) is 105 cm³/mol. The number of nitrogens with one attached hydrogen (secondary N) is 1. The molecule has 3 rings (SSSR count). The molecule has 3 aromatic rings. The van der Waals surface area contributed by atoms with E-state index in [1.54, 1.807) is 6.92 Å². The van der Waals surface area contributed by atoms with Gasteiger partial charge in [-0.15, -0.1) is 0 Å². The summed E-state index contributed by atoms with van der Waals surface area (Å²) < 4.78 is 49.9. The Morgan fingerprint density at radius 1 is 1.31 bits per heavy atom. The van der Waals surface area contributed by atoms with Crippen LogP contribution in [0.5, 0.6) is 5.75 Å². The van der Waals surface area contributed by atoms with Gasteiger partial charge < -0.3 is 19.6 Å². The van der Waals surface area contributed by atoms with Crippen molar-refractivity contribution in [2.45, 2.75) is 13.1 Å². The highest BCUT2D eigenvalue weighted by atomic mass is 35.5. The highest BCUT2D eigenvalue weighted by molar-refractivity contribution is 6.32. The van der Waals surface area contributed by atoms with Gasteiger partial charge in [0.25, 0.3) is 5.91 Å². The molecule has 2 N–H and O–H groups in total. The Morgan fingerprint density at radius 3 is 2.59 bits per heavy atom. The molecule has 2 heterocycles. The number of nitrogens with zero attached hydrogens (tertiary/aromatic N) is 2. The number of carbonyl (C=O) groups excluding carboxylic acids is 2. The standard InChI is InChI=1S/C19H15ClF3N3O6/c1-3-31-13(27)7-24-17(29)14-15(28)10-5-8(20)4-9(16(10)32-18(14)30)11-6-12(19(21,22)23)25-26(11)2/h4-6,28H,3,7H2,1-2H3,(H,24,29). The second-order valence-electron chi connectivity index (χ2n) is 6.47. The van der Waals surface area contributed by atoms with E-state index < -0.39 is 47.2 Å². The molecule has 0 aliphatic heterocycles. The third-order valence-corrected chi connectivity index (χ3v) is 4.53. The molecule has 0 aliphatic carbocycles. The van der Waals surface area contributed by atoms with Crippen LogP contribution in [0.1, 0.15) is 23.0 Å². The van der Waals surface area contributed by atoms with Gasteiger partial charge in [0.05, 0.1) is 17.7 Å². The van der Waals surface area contributed by atoms with Crippen LogP contribution in [-0.2, 0) is 22.8 Å². The molecule has 170 valence electrons. The summed E-state index contributed by atoms with van der Waals surface area (Å²) in [4.78, 5) is 36.2.